The van der Waals surface area contributed by atoms with Crippen LogP contribution in [0.15, 0.2) is 35.2 Å². The molecule has 1 aromatic rings. The Kier molecular flexibility index (Phi) is 5.22. The molecule has 7 heteroatoms. The predicted molar refractivity (Wildman–Crippen MR) is 92.0 cm³/mol. The Labute approximate surface area is 143 Å². The highest BCUT2D eigenvalue weighted by atomic mass is 32.2. The third kappa shape index (κ3) is 4.15. The van der Waals surface area contributed by atoms with Crippen molar-refractivity contribution in [2.75, 3.05) is 32.7 Å². The van der Waals surface area contributed by atoms with E-state index in [1.165, 1.54) is 17.1 Å². The van der Waals surface area contributed by atoms with Crippen molar-refractivity contribution in [1.82, 2.24) is 14.5 Å². The molecule has 1 heterocycles. The van der Waals surface area contributed by atoms with Crippen LogP contribution in [-0.2, 0) is 14.8 Å². The van der Waals surface area contributed by atoms with E-state index in [-0.39, 0.29) is 11.9 Å². The van der Waals surface area contributed by atoms with Crippen molar-refractivity contribution in [2.24, 2.45) is 5.92 Å². The van der Waals surface area contributed by atoms with Gasteiger partial charge in [0.25, 0.3) is 0 Å². The summed E-state index contributed by atoms with van der Waals surface area (Å²) in [7, 11) is -3.43. The zero-order chi connectivity index (χ0) is 17.2. The van der Waals surface area contributed by atoms with Crippen LogP contribution in [0.25, 0.3) is 0 Å². The van der Waals surface area contributed by atoms with Crippen LogP contribution in [0.3, 0.4) is 0 Å². The summed E-state index contributed by atoms with van der Waals surface area (Å²) < 4.78 is 26.6. The van der Waals surface area contributed by atoms with Gasteiger partial charge in [0.1, 0.15) is 0 Å². The molecule has 24 heavy (non-hydrogen) atoms. The molecule has 3 rings (SSSR count). The number of benzene rings is 1. The third-order valence-electron chi connectivity index (χ3n) is 4.80. The molecule has 1 saturated heterocycles. The number of carbonyl (C=O) groups excluding carboxylic acids is 1. The molecule has 0 radical (unpaired) electrons. The molecule has 1 aromatic carbocycles. The molecule has 1 saturated carbocycles. The Morgan fingerprint density at radius 2 is 1.79 bits per heavy atom. The van der Waals surface area contributed by atoms with Crippen LogP contribution in [-0.4, -0.2) is 62.3 Å². The van der Waals surface area contributed by atoms with Crippen LogP contribution in [0.2, 0.25) is 0 Å². The molecular formula is C17H25N3O3S. The summed E-state index contributed by atoms with van der Waals surface area (Å²) in [4.78, 5) is 14.4. The number of sulfonamides is 1. The summed E-state index contributed by atoms with van der Waals surface area (Å²) in [5.74, 6) is 0.676. The molecule has 2 fully saturated rings. The molecule has 0 aromatic heterocycles. The normalized spacial score (nSPS) is 21.4. The fraction of sp³-hybridized carbons (Fsp3) is 0.588. The number of hydrogen-bond donors (Lipinski definition) is 1. The Morgan fingerprint density at radius 1 is 1.17 bits per heavy atom. The van der Waals surface area contributed by atoms with Gasteiger partial charge in [0.15, 0.2) is 0 Å². The van der Waals surface area contributed by atoms with Gasteiger partial charge in [-0.3, -0.25) is 9.69 Å². The van der Waals surface area contributed by atoms with Crippen molar-refractivity contribution in [3.05, 3.63) is 30.3 Å². The summed E-state index contributed by atoms with van der Waals surface area (Å²) >= 11 is 0. The zero-order valence-electron chi connectivity index (χ0n) is 14.0. The second-order valence-electron chi connectivity index (χ2n) is 6.69. The summed E-state index contributed by atoms with van der Waals surface area (Å²) in [5.41, 5.74) is 0. The maximum Gasteiger partial charge on any atom is 0.243 e. The average molecular weight is 351 g/mol. The van der Waals surface area contributed by atoms with Crippen molar-refractivity contribution in [2.45, 2.75) is 30.7 Å². The topological polar surface area (TPSA) is 69.7 Å². The molecule has 1 aliphatic carbocycles. The minimum absolute atomic E-state index is 0.0359. The van der Waals surface area contributed by atoms with Crippen molar-refractivity contribution in [3.63, 3.8) is 0 Å². The number of carbonyl (C=O) groups is 1. The van der Waals surface area contributed by atoms with Gasteiger partial charge in [0, 0.05) is 32.2 Å². The fourth-order valence-corrected chi connectivity index (χ4v) is 4.53. The SMILES string of the molecule is CC(NC(=O)CN1CCN(S(=O)(=O)c2ccccc2)CC1)C1CC1. The molecule has 1 amide bonds. The highest BCUT2D eigenvalue weighted by Gasteiger charge is 2.31. The standard InChI is InChI=1S/C17H25N3O3S/c1-14(15-7-8-15)18-17(21)13-19-9-11-20(12-10-19)24(22,23)16-5-3-2-4-6-16/h2-6,14-15H,7-13H2,1H3,(H,18,21). The van der Waals surface area contributed by atoms with Crippen LogP contribution in [0.1, 0.15) is 19.8 Å². The highest BCUT2D eigenvalue weighted by molar-refractivity contribution is 7.89. The van der Waals surface area contributed by atoms with E-state index in [0.29, 0.717) is 43.5 Å². The van der Waals surface area contributed by atoms with Gasteiger partial charge in [-0.15, -0.1) is 0 Å². The van der Waals surface area contributed by atoms with Gasteiger partial charge in [0.05, 0.1) is 11.4 Å². The lowest BCUT2D eigenvalue weighted by Crippen LogP contribution is -2.51. The monoisotopic (exact) mass is 351 g/mol. The first kappa shape index (κ1) is 17.4. The number of amides is 1. The van der Waals surface area contributed by atoms with E-state index in [2.05, 4.69) is 12.2 Å². The smallest absolute Gasteiger partial charge is 0.243 e. The molecule has 2 aliphatic rings. The van der Waals surface area contributed by atoms with E-state index in [9.17, 15) is 13.2 Å². The Morgan fingerprint density at radius 3 is 2.38 bits per heavy atom. The first-order chi connectivity index (χ1) is 11.5. The lowest BCUT2D eigenvalue weighted by Gasteiger charge is -2.33. The summed E-state index contributed by atoms with van der Waals surface area (Å²) in [5, 5.41) is 3.04. The van der Waals surface area contributed by atoms with Crippen molar-refractivity contribution >= 4 is 15.9 Å². The number of hydrogen-bond acceptors (Lipinski definition) is 4. The van der Waals surface area contributed by atoms with Crippen molar-refractivity contribution in [3.8, 4) is 0 Å². The lowest BCUT2D eigenvalue weighted by atomic mass is 10.2. The summed E-state index contributed by atoms with van der Waals surface area (Å²) in [6, 6.07) is 8.75. The van der Waals surface area contributed by atoms with Crippen LogP contribution >= 0.6 is 0 Å². The van der Waals surface area contributed by atoms with Gasteiger partial charge in [-0.1, -0.05) is 18.2 Å². The Balaban J connectivity index is 1.49. The average Bonchev–Trinajstić information content (AvgIpc) is 3.41. The van der Waals surface area contributed by atoms with Crippen molar-refractivity contribution in [1.29, 1.82) is 0 Å². The first-order valence-electron chi connectivity index (χ1n) is 8.54. The van der Waals surface area contributed by atoms with Gasteiger partial charge >= 0.3 is 0 Å². The van der Waals surface area contributed by atoms with E-state index in [0.717, 1.165) is 0 Å². The first-order valence-corrected chi connectivity index (χ1v) is 9.98. The van der Waals surface area contributed by atoms with E-state index in [1.807, 2.05) is 4.90 Å². The van der Waals surface area contributed by atoms with E-state index < -0.39 is 10.0 Å². The molecule has 0 bridgehead atoms. The van der Waals surface area contributed by atoms with Gasteiger partial charge in [-0.2, -0.15) is 4.31 Å². The minimum atomic E-state index is -3.43. The van der Waals surface area contributed by atoms with Crippen LogP contribution in [0.5, 0.6) is 0 Å². The number of piperazine rings is 1. The van der Waals surface area contributed by atoms with E-state index in [1.54, 1.807) is 30.3 Å². The maximum atomic E-state index is 12.6. The minimum Gasteiger partial charge on any atom is -0.352 e. The molecule has 1 aliphatic heterocycles. The van der Waals surface area contributed by atoms with Gasteiger partial charge in [-0.05, 0) is 37.8 Å². The van der Waals surface area contributed by atoms with Crippen LogP contribution in [0.4, 0.5) is 0 Å². The molecule has 132 valence electrons. The molecular weight excluding hydrogens is 326 g/mol. The van der Waals surface area contributed by atoms with Gasteiger partial charge < -0.3 is 5.32 Å². The Bertz CT molecular complexity index is 666. The predicted octanol–water partition coefficient (Wildman–Crippen LogP) is 0.908. The summed E-state index contributed by atoms with van der Waals surface area (Å²) in [6.45, 7) is 4.40. The zero-order valence-corrected chi connectivity index (χ0v) is 14.8. The van der Waals surface area contributed by atoms with E-state index >= 15 is 0 Å². The summed E-state index contributed by atoms with van der Waals surface area (Å²) in [6.07, 6.45) is 2.41. The highest BCUT2D eigenvalue weighted by Crippen LogP contribution is 2.32. The van der Waals surface area contributed by atoms with E-state index in [4.69, 9.17) is 0 Å². The molecule has 6 nitrogen and oxygen atoms in total. The molecule has 1 unspecified atom stereocenters. The number of nitrogens with zero attached hydrogens (tertiary/aromatic N) is 2. The van der Waals surface area contributed by atoms with Gasteiger partial charge in [0.2, 0.25) is 15.9 Å². The number of nitrogens with one attached hydrogen (secondary N) is 1. The second-order valence-corrected chi connectivity index (χ2v) is 8.62. The fourth-order valence-electron chi connectivity index (χ4n) is 3.09. The quantitative estimate of drug-likeness (QED) is 0.827. The largest absolute Gasteiger partial charge is 0.352 e. The lowest BCUT2D eigenvalue weighted by molar-refractivity contribution is -0.123. The van der Waals surface area contributed by atoms with Crippen LogP contribution < -0.4 is 5.32 Å². The Hall–Kier alpha value is -1.44. The second kappa shape index (κ2) is 7.21. The molecule has 0 spiro atoms. The molecule has 1 N–H and O–H groups in total. The molecule has 1 atom stereocenters. The van der Waals surface area contributed by atoms with Gasteiger partial charge in [-0.25, -0.2) is 8.42 Å². The third-order valence-corrected chi connectivity index (χ3v) is 6.71. The maximum absolute atomic E-state index is 12.6. The van der Waals surface area contributed by atoms with Crippen LogP contribution in [0, 0.1) is 5.92 Å². The van der Waals surface area contributed by atoms with Crippen molar-refractivity contribution < 1.29 is 13.2 Å². The number of rotatable bonds is 6.